The van der Waals surface area contributed by atoms with Crippen molar-refractivity contribution in [3.8, 4) is 0 Å². The standard InChI is InChI=1S/C31H52N2O3/c1-22-20-32(31(35)21-36-28-11-7-4-8-12-28)30-19-27(17-18-29(30)33(22)23(2)34)26-15-13-25(14-16-26)24-9-5-3-6-10-24/h22,24-30H,3-21H2,1-2H3/t22-,25?,26?,27?,29?,30?/m0/s1. The van der Waals surface area contributed by atoms with Crippen LogP contribution in [0.2, 0.25) is 0 Å². The van der Waals surface area contributed by atoms with E-state index in [0.717, 1.165) is 43.4 Å². The molecule has 0 bridgehead atoms. The van der Waals surface area contributed by atoms with Crippen LogP contribution in [-0.4, -0.2) is 59.0 Å². The average Bonchev–Trinajstić information content (AvgIpc) is 2.92. The first-order valence-corrected chi connectivity index (χ1v) is 15.7. The second-order valence-electron chi connectivity index (χ2n) is 13.2. The van der Waals surface area contributed by atoms with Crippen molar-refractivity contribution in [1.29, 1.82) is 0 Å². The third kappa shape index (κ3) is 5.97. The Bertz CT molecular complexity index is 736. The molecule has 0 aromatic carbocycles. The van der Waals surface area contributed by atoms with Crippen LogP contribution in [0.4, 0.5) is 0 Å². The van der Waals surface area contributed by atoms with Crippen LogP contribution in [0.1, 0.15) is 123 Å². The minimum Gasteiger partial charge on any atom is -0.368 e. The van der Waals surface area contributed by atoms with Gasteiger partial charge in [0.1, 0.15) is 6.61 Å². The largest absolute Gasteiger partial charge is 0.368 e. The molecule has 204 valence electrons. The summed E-state index contributed by atoms with van der Waals surface area (Å²) in [6.07, 6.45) is 22.5. The lowest BCUT2D eigenvalue weighted by Crippen LogP contribution is -2.67. The van der Waals surface area contributed by atoms with Crippen LogP contribution in [0.25, 0.3) is 0 Å². The van der Waals surface area contributed by atoms with E-state index in [2.05, 4.69) is 16.7 Å². The predicted octanol–water partition coefficient (Wildman–Crippen LogP) is 6.34. The van der Waals surface area contributed by atoms with E-state index in [0.29, 0.717) is 12.5 Å². The van der Waals surface area contributed by atoms with Gasteiger partial charge in [0.25, 0.3) is 0 Å². The van der Waals surface area contributed by atoms with Crippen LogP contribution >= 0.6 is 0 Å². The molecule has 1 heterocycles. The fourth-order valence-electron chi connectivity index (χ4n) is 9.11. The molecule has 0 radical (unpaired) electrons. The Balaban J connectivity index is 1.21. The highest BCUT2D eigenvalue weighted by Crippen LogP contribution is 2.46. The molecule has 4 saturated carbocycles. The molecule has 1 aliphatic heterocycles. The maximum absolute atomic E-state index is 13.5. The molecular weight excluding hydrogens is 448 g/mol. The van der Waals surface area contributed by atoms with Crippen molar-refractivity contribution < 1.29 is 14.3 Å². The van der Waals surface area contributed by atoms with Gasteiger partial charge in [0.2, 0.25) is 11.8 Å². The molecule has 0 spiro atoms. The smallest absolute Gasteiger partial charge is 0.248 e. The quantitative estimate of drug-likeness (QED) is 0.443. The third-order valence-corrected chi connectivity index (χ3v) is 11.0. The SMILES string of the molecule is CC(=O)N1C2CCC(C3CCC(C4CCCCC4)CC3)CC2N(C(=O)COC2CCCCC2)C[C@@H]1C. The molecule has 5 fully saturated rings. The van der Waals surface area contributed by atoms with E-state index >= 15 is 0 Å². The van der Waals surface area contributed by atoms with Crippen molar-refractivity contribution in [1.82, 2.24) is 9.80 Å². The highest BCUT2D eigenvalue weighted by Gasteiger charge is 2.47. The molecular formula is C31H52N2O3. The van der Waals surface area contributed by atoms with E-state index in [-0.39, 0.29) is 42.7 Å². The molecule has 4 aliphatic carbocycles. The van der Waals surface area contributed by atoms with E-state index in [1.807, 2.05) is 0 Å². The van der Waals surface area contributed by atoms with Crippen LogP contribution in [0, 0.1) is 23.7 Å². The normalized spacial score (nSPS) is 36.9. The Morgan fingerprint density at radius 2 is 1.25 bits per heavy atom. The molecule has 5 rings (SSSR count). The van der Waals surface area contributed by atoms with E-state index in [1.165, 1.54) is 83.5 Å². The first-order valence-electron chi connectivity index (χ1n) is 15.7. The molecule has 0 N–H and O–H groups in total. The van der Waals surface area contributed by atoms with E-state index in [1.54, 1.807) is 6.92 Å². The van der Waals surface area contributed by atoms with Crippen molar-refractivity contribution in [3.05, 3.63) is 0 Å². The molecule has 3 unspecified atom stereocenters. The zero-order valence-corrected chi connectivity index (χ0v) is 23.2. The maximum atomic E-state index is 13.5. The highest BCUT2D eigenvalue weighted by atomic mass is 16.5. The summed E-state index contributed by atoms with van der Waals surface area (Å²) in [6.45, 7) is 4.72. The predicted molar refractivity (Wildman–Crippen MR) is 143 cm³/mol. The van der Waals surface area contributed by atoms with Crippen LogP contribution in [0.15, 0.2) is 0 Å². The molecule has 5 aliphatic rings. The molecule has 0 aromatic heterocycles. The number of hydrogen-bond donors (Lipinski definition) is 0. The van der Waals surface area contributed by atoms with E-state index < -0.39 is 0 Å². The monoisotopic (exact) mass is 500 g/mol. The van der Waals surface area contributed by atoms with E-state index in [9.17, 15) is 9.59 Å². The van der Waals surface area contributed by atoms with Crippen LogP contribution in [-0.2, 0) is 14.3 Å². The van der Waals surface area contributed by atoms with Crippen LogP contribution in [0.5, 0.6) is 0 Å². The number of fused-ring (bicyclic) bond motifs is 1. The summed E-state index contributed by atoms with van der Waals surface area (Å²) in [6, 6.07) is 0.437. The zero-order valence-electron chi connectivity index (χ0n) is 23.2. The second kappa shape index (κ2) is 12.2. The third-order valence-electron chi connectivity index (χ3n) is 11.0. The van der Waals surface area contributed by atoms with Gasteiger partial charge in [0.05, 0.1) is 18.2 Å². The first kappa shape index (κ1) is 26.5. The second-order valence-corrected chi connectivity index (χ2v) is 13.2. The van der Waals surface area contributed by atoms with Gasteiger partial charge in [-0.05, 0) is 88.4 Å². The van der Waals surface area contributed by atoms with Gasteiger partial charge in [-0.1, -0.05) is 51.4 Å². The molecule has 36 heavy (non-hydrogen) atoms. The lowest BCUT2D eigenvalue weighted by atomic mass is 9.65. The van der Waals surface area contributed by atoms with Gasteiger partial charge < -0.3 is 14.5 Å². The summed E-state index contributed by atoms with van der Waals surface area (Å²) < 4.78 is 6.13. The number of carbonyl (C=O) groups is 2. The van der Waals surface area contributed by atoms with Crippen molar-refractivity contribution in [2.45, 2.75) is 147 Å². The fourth-order valence-corrected chi connectivity index (χ4v) is 9.11. The van der Waals surface area contributed by atoms with Crippen molar-refractivity contribution in [3.63, 3.8) is 0 Å². The Hall–Kier alpha value is -1.10. The Morgan fingerprint density at radius 3 is 1.89 bits per heavy atom. The Labute approximate surface area is 220 Å². The van der Waals surface area contributed by atoms with Gasteiger partial charge in [-0.15, -0.1) is 0 Å². The number of amides is 2. The molecule has 1 saturated heterocycles. The Morgan fingerprint density at radius 1 is 0.694 bits per heavy atom. The minimum atomic E-state index is 0.0878. The van der Waals surface area contributed by atoms with Gasteiger partial charge in [-0.25, -0.2) is 0 Å². The summed E-state index contributed by atoms with van der Waals surface area (Å²) in [5.74, 6) is 3.82. The lowest BCUT2D eigenvalue weighted by Gasteiger charge is -2.55. The van der Waals surface area contributed by atoms with Gasteiger partial charge in [0.15, 0.2) is 0 Å². The summed E-state index contributed by atoms with van der Waals surface area (Å²) >= 11 is 0. The average molecular weight is 501 g/mol. The summed E-state index contributed by atoms with van der Waals surface area (Å²) in [5.41, 5.74) is 0. The Kier molecular flexibility index (Phi) is 8.96. The van der Waals surface area contributed by atoms with Crippen molar-refractivity contribution in [2.24, 2.45) is 23.7 Å². The lowest BCUT2D eigenvalue weighted by molar-refractivity contribution is -0.159. The molecule has 5 heteroatoms. The van der Waals surface area contributed by atoms with Gasteiger partial charge in [-0.2, -0.15) is 0 Å². The molecule has 5 nitrogen and oxygen atoms in total. The van der Waals surface area contributed by atoms with Gasteiger partial charge in [-0.3, -0.25) is 9.59 Å². The van der Waals surface area contributed by atoms with Crippen molar-refractivity contribution >= 4 is 11.8 Å². The van der Waals surface area contributed by atoms with E-state index in [4.69, 9.17) is 4.74 Å². The summed E-state index contributed by atoms with van der Waals surface area (Å²) in [5, 5.41) is 0. The number of piperazine rings is 1. The van der Waals surface area contributed by atoms with Crippen LogP contribution < -0.4 is 0 Å². The number of hydrogen-bond acceptors (Lipinski definition) is 3. The van der Waals surface area contributed by atoms with Gasteiger partial charge in [0, 0.05) is 19.5 Å². The molecule has 0 aromatic rings. The number of nitrogens with zero attached hydrogens (tertiary/aromatic N) is 2. The molecule has 4 atom stereocenters. The first-order chi connectivity index (χ1) is 17.5. The number of carbonyl (C=O) groups excluding carboxylic acids is 2. The summed E-state index contributed by atoms with van der Waals surface area (Å²) in [4.78, 5) is 30.4. The number of ether oxygens (including phenoxy) is 1. The number of rotatable bonds is 5. The molecule has 2 amide bonds. The minimum absolute atomic E-state index is 0.0878. The van der Waals surface area contributed by atoms with Crippen molar-refractivity contribution in [2.75, 3.05) is 13.2 Å². The zero-order chi connectivity index (χ0) is 25.1. The topological polar surface area (TPSA) is 49.9 Å². The van der Waals surface area contributed by atoms with Crippen LogP contribution in [0.3, 0.4) is 0 Å². The fraction of sp³-hybridized carbons (Fsp3) is 0.935. The summed E-state index contributed by atoms with van der Waals surface area (Å²) in [7, 11) is 0. The maximum Gasteiger partial charge on any atom is 0.248 e. The van der Waals surface area contributed by atoms with Gasteiger partial charge >= 0.3 is 0 Å². The highest BCUT2D eigenvalue weighted by molar-refractivity contribution is 5.79.